The Kier molecular flexibility index (Phi) is 6.81. The summed E-state index contributed by atoms with van der Waals surface area (Å²) < 4.78 is 95.4. The molecule has 1 aliphatic rings. The number of anilines is 1. The topological polar surface area (TPSA) is 80.0 Å². The lowest BCUT2D eigenvalue weighted by atomic mass is 10.1. The predicted octanol–water partition coefficient (Wildman–Crippen LogP) is 3.79. The van der Waals surface area contributed by atoms with Crippen molar-refractivity contribution in [3.05, 3.63) is 65.5 Å². The number of primary amides is 1. The highest BCUT2D eigenvalue weighted by molar-refractivity contribution is 6.38. The predicted molar refractivity (Wildman–Crippen MR) is 103 cm³/mol. The van der Waals surface area contributed by atoms with E-state index in [0.29, 0.717) is 0 Å². The van der Waals surface area contributed by atoms with E-state index in [1.807, 2.05) is 0 Å². The fraction of sp³-hybridized carbons (Fsp3) is 0.300. The lowest BCUT2D eigenvalue weighted by molar-refractivity contribution is -0.256. The Balaban J connectivity index is 1.78. The van der Waals surface area contributed by atoms with Crippen molar-refractivity contribution < 1.29 is 40.3 Å². The minimum absolute atomic E-state index is 0.125. The molecule has 2 aromatic rings. The van der Waals surface area contributed by atoms with Crippen LogP contribution in [0, 0.1) is 5.82 Å². The van der Waals surface area contributed by atoms with E-state index < -0.39 is 49.4 Å². The zero-order valence-electron chi connectivity index (χ0n) is 16.6. The Labute approximate surface area is 182 Å². The highest BCUT2D eigenvalue weighted by atomic mass is 19.4. The lowest BCUT2D eigenvalue weighted by Crippen LogP contribution is -2.44. The summed E-state index contributed by atoms with van der Waals surface area (Å²) in [5.41, 5.74) is 5.86. The molecule has 178 valence electrons. The molecule has 13 heteroatoms. The fourth-order valence-electron chi connectivity index (χ4n) is 3.02. The third-order valence-electron chi connectivity index (χ3n) is 4.56. The summed E-state index contributed by atoms with van der Waals surface area (Å²) in [6.45, 7) is -2.38. The van der Waals surface area contributed by atoms with Gasteiger partial charge in [0.15, 0.2) is 6.17 Å². The molecular weight excluding hydrogens is 461 g/mol. The second-order valence-corrected chi connectivity index (χ2v) is 7.05. The summed E-state index contributed by atoms with van der Waals surface area (Å²) in [5, 5.41) is 7.94. The maximum absolute atomic E-state index is 14.3. The van der Waals surface area contributed by atoms with Crippen LogP contribution in [0.25, 0.3) is 0 Å². The molecule has 0 saturated heterocycles. The Bertz CT molecular complexity index is 1050. The van der Waals surface area contributed by atoms with Crippen molar-refractivity contribution in [3.8, 4) is 0 Å². The van der Waals surface area contributed by atoms with E-state index >= 15 is 0 Å². The molecule has 0 bridgehead atoms. The van der Waals surface area contributed by atoms with Crippen LogP contribution in [0.1, 0.15) is 17.3 Å². The Morgan fingerprint density at radius 2 is 1.85 bits per heavy atom. The summed E-state index contributed by atoms with van der Waals surface area (Å²) in [5.74, 6) is -6.55. The van der Waals surface area contributed by atoms with Crippen molar-refractivity contribution in [2.75, 3.05) is 11.6 Å². The molecule has 2 aromatic carbocycles. The third kappa shape index (κ3) is 5.53. The monoisotopic (exact) mass is 478 g/mol. The number of ether oxygens (including phenoxy) is 1. The van der Waals surface area contributed by atoms with Crippen molar-refractivity contribution in [2.45, 2.75) is 31.0 Å². The molecule has 3 N–H and O–H groups in total. The number of nitrogens with zero attached hydrogens (tertiary/aromatic N) is 2. The molecule has 33 heavy (non-hydrogen) atoms. The van der Waals surface area contributed by atoms with E-state index in [1.165, 1.54) is 47.5 Å². The van der Waals surface area contributed by atoms with Crippen molar-refractivity contribution in [1.82, 2.24) is 5.32 Å². The van der Waals surface area contributed by atoms with Crippen LogP contribution in [-0.4, -0.2) is 36.6 Å². The van der Waals surface area contributed by atoms with Gasteiger partial charge in [-0.15, -0.1) is 5.10 Å². The number of alkyl halides is 6. The molecule has 1 heterocycles. The van der Waals surface area contributed by atoms with E-state index in [1.54, 1.807) is 6.07 Å². The molecular formula is C20H17F7N4O2. The van der Waals surface area contributed by atoms with Crippen LogP contribution in [0.3, 0.4) is 0 Å². The first-order valence-electron chi connectivity index (χ1n) is 9.34. The normalized spacial score (nSPS) is 17.5. The molecule has 0 aliphatic carbocycles. The zero-order valence-corrected chi connectivity index (χ0v) is 16.6. The van der Waals surface area contributed by atoms with Gasteiger partial charge in [-0.3, -0.25) is 4.79 Å². The number of carbonyl (C=O) groups excluding carboxylic acids is 1. The number of amides is 1. The maximum atomic E-state index is 14.3. The SMILES string of the molecule is NC(=O)C1=NN(c2cccc(COCC(F)(F)C(F)C(F)(F)F)c2)C(c2ccccc2F)N1. The van der Waals surface area contributed by atoms with Gasteiger partial charge in [0, 0.05) is 5.56 Å². The smallest absolute Gasteiger partial charge is 0.370 e. The summed E-state index contributed by atoms with van der Waals surface area (Å²) in [4.78, 5) is 11.6. The second kappa shape index (κ2) is 9.25. The summed E-state index contributed by atoms with van der Waals surface area (Å²) in [6.07, 6.45) is -11.1. The largest absolute Gasteiger partial charge is 0.425 e. The Morgan fingerprint density at radius 1 is 1.15 bits per heavy atom. The molecule has 1 amide bonds. The first-order chi connectivity index (χ1) is 15.4. The number of halogens is 7. The number of hydrogen-bond acceptors (Lipinski definition) is 5. The minimum Gasteiger partial charge on any atom is -0.370 e. The fourth-order valence-corrected chi connectivity index (χ4v) is 3.02. The first-order valence-corrected chi connectivity index (χ1v) is 9.34. The van der Waals surface area contributed by atoms with Gasteiger partial charge < -0.3 is 15.8 Å². The third-order valence-corrected chi connectivity index (χ3v) is 4.56. The van der Waals surface area contributed by atoms with Crippen molar-refractivity contribution in [1.29, 1.82) is 0 Å². The molecule has 0 fully saturated rings. The van der Waals surface area contributed by atoms with Gasteiger partial charge in [0.2, 0.25) is 5.84 Å². The van der Waals surface area contributed by atoms with Gasteiger partial charge in [0.25, 0.3) is 12.1 Å². The molecule has 0 spiro atoms. The van der Waals surface area contributed by atoms with Gasteiger partial charge in [-0.1, -0.05) is 30.3 Å². The van der Waals surface area contributed by atoms with E-state index in [9.17, 15) is 35.5 Å². The maximum Gasteiger partial charge on any atom is 0.425 e. The number of carbonyl (C=O) groups is 1. The van der Waals surface area contributed by atoms with Crippen LogP contribution in [0.5, 0.6) is 0 Å². The number of hydrazone groups is 1. The highest BCUT2D eigenvalue weighted by Crippen LogP contribution is 2.35. The van der Waals surface area contributed by atoms with Crippen LogP contribution in [0.15, 0.2) is 53.6 Å². The first kappa shape index (κ1) is 24.3. The average Bonchev–Trinajstić information content (AvgIpc) is 3.18. The molecule has 0 saturated carbocycles. The lowest BCUT2D eigenvalue weighted by Gasteiger charge is -2.25. The van der Waals surface area contributed by atoms with Crippen molar-refractivity contribution in [3.63, 3.8) is 0 Å². The molecule has 6 nitrogen and oxygen atoms in total. The number of rotatable bonds is 8. The van der Waals surface area contributed by atoms with Gasteiger partial charge in [0.1, 0.15) is 12.4 Å². The van der Waals surface area contributed by atoms with Gasteiger partial charge in [-0.25, -0.2) is 22.6 Å². The van der Waals surface area contributed by atoms with Crippen LogP contribution < -0.4 is 16.1 Å². The van der Waals surface area contributed by atoms with Crippen molar-refractivity contribution >= 4 is 17.4 Å². The molecule has 3 rings (SSSR count). The molecule has 1 aliphatic heterocycles. The van der Waals surface area contributed by atoms with Gasteiger partial charge in [0.05, 0.1) is 12.3 Å². The number of benzene rings is 2. The Morgan fingerprint density at radius 3 is 2.48 bits per heavy atom. The second-order valence-electron chi connectivity index (χ2n) is 7.05. The quantitative estimate of drug-likeness (QED) is 0.566. The van der Waals surface area contributed by atoms with Crippen LogP contribution in [-0.2, 0) is 16.1 Å². The molecule has 0 aromatic heterocycles. The standard InChI is InChI=1S/C20H17F7N4O2/c21-14-7-2-1-6-13(14)17-29-16(15(28)32)30-31(17)12-5-3-4-11(8-12)9-33-10-19(23,24)18(22)20(25,26)27/h1-8,17-18H,9-10H2,(H2,28,32)(H,29,30). The molecule has 2 unspecified atom stereocenters. The van der Waals surface area contributed by atoms with Crippen LogP contribution in [0.2, 0.25) is 0 Å². The van der Waals surface area contributed by atoms with E-state index in [-0.39, 0.29) is 22.6 Å². The molecule has 0 radical (unpaired) electrons. The number of nitrogens with one attached hydrogen (secondary N) is 1. The summed E-state index contributed by atoms with van der Waals surface area (Å²) >= 11 is 0. The highest BCUT2D eigenvalue weighted by Gasteiger charge is 2.56. The van der Waals surface area contributed by atoms with E-state index in [2.05, 4.69) is 15.2 Å². The molecule has 2 atom stereocenters. The Hall–Kier alpha value is -3.35. The van der Waals surface area contributed by atoms with Crippen molar-refractivity contribution in [2.24, 2.45) is 10.8 Å². The summed E-state index contributed by atoms with van der Waals surface area (Å²) in [6, 6.07) is 11.4. The van der Waals surface area contributed by atoms with E-state index in [0.717, 1.165) is 0 Å². The zero-order chi connectivity index (χ0) is 24.4. The van der Waals surface area contributed by atoms with Crippen LogP contribution in [0.4, 0.5) is 36.4 Å². The number of amidine groups is 1. The van der Waals surface area contributed by atoms with Gasteiger partial charge in [-0.05, 0) is 23.8 Å². The van der Waals surface area contributed by atoms with Gasteiger partial charge in [-0.2, -0.15) is 13.2 Å². The number of hydrogen-bond donors (Lipinski definition) is 2. The average molecular weight is 478 g/mol. The van der Waals surface area contributed by atoms with E-state index in [4.69, 9.17) is 5.73 Å². The minimum atomic E-state index is -5.73. The van der Waals surface area contributed by atoms with Gasteiger partial charge >= 0.3 is 12.1 Å². The van der Waals surface area contributed by atoms with Crippen LogP contribution >= 0.6 is 0 Å². The summed E-state index contributed by atoms with van der Waals surface area (Å²) in [7, 11) is 0. The number of nitrogens with two attached hydrogens (primary N) is 1.